The van der Waals surface area contributed by atoms with Gasteiger partial charge >= 0.3 is 12.1 Å². The third-order valence-corrected chi connectivity index (χ3v) is 3.24. The number of ether oxygens (including phenoxy) is 1. The molecular formula is C12H8F3NO2S. The molecule has 0 aliphatic rings. The number of halogens is 3. The molecule has 0 aliphatic carbocycles. The lowest BCUT2D eigenvalue weighted by molar-refractivity contribution is -0.137. The van der Waals surface area contributed by atoms with Crippen molar-refractivity contribution in [2.45, 2.75) is 6.18 Å². The fourth-order valence-electron chi connectivity index (χ4n) is 1.51. The van der Waals surface area contributed by atoms with E-state index in [0.29, 0.717) is 0 Å². The van der Waals surface area contributed by atoms with Gasteiger partial charge in [0.2, 0.25) is 0 Å². The molecule has 0 bridgehead atoms. The number of rotatable bonds is 2. The normalized spacial score (nSPS) is 11.4. The van der Waals surface area contributed by atoms with Crippen molar-refractivity contribution in [3.63, 3.8) is 0 Å². The number of carbonyl (C=O) groups is 1. The van der Waals surface area contributed by atoms with Crippen molar-refractivity contribution in [1.29, 1.82) is 0 Å². The van der Waals surface area contributed by atoms with Crippen molar-refractivity contribution < 1.29 is 22.7 Å². The van der Waals surface area contributed by atoms with Gasteiger partial charge in [0.05, 0.1) is 12.7 Å². The Morgan fingerprint density at radius 2 is 2.00 bits per heavy atom. The standard InChI is InChI=1S/C12H8F3NO2S/c1-18-11(17)9-6-19-10(16-9)7-4-2-3-5-8(7)12(13,14)15/h2-6H,1H3. The SMILES string of the molecule is COC(=O)c1csc(-c2ccccc2C(F)(F)F)n1. The zero-order valence-corrected chi connectivity index (χ0v) is 10.5. The second kappa shape index (κ2) is 5.00. The molecule has 0 saturated carbocycles. The summed E-state index contributed by atoms with van der Waals surface area (Å²) in [5, 5.41) is 1.50. The smallest absolute Gasteiger partial charge is 0.417 e. The number of benzene rings is 1. The van der Waals surface area contributed by atoms with Gasteiger partial charge in [-0.15, -0.1) is 11.3 Å². The number of esters is 1. The second-order valence-electron chi connectivity index (χ2n) is 3.57. The van der Waals surface area contributed by atoms with Crippen molar-refractivity contribution in [1.82, 2.24) is 4.98 Å². The van der Waals surface area contributed by atoms with Gasteiger partial charge in [0.1, 0.15) is 5.01 Å². The molecule has 3 nitrogen and oxygen atoms in total. The fourth-order valence-corrected chi connectivity index (χ4v) is 2.34. The maximum Gasteiger partial charge on any atom is 0.417 e. The van der Waals surface area contributed by atoms with E-state index in [1.54, 1.807) is 0 Å². The van der Waals surface area contributed by atoms with Gasteiger partial charge in [-0.1, -0.05) is 18.2 Å². The molecule has 7 heteroatoms. The molecule has 1 heterocycles. The molecule has 1 aromatic carbocycles. The molecule has 100 valence electrons. The van der Waals surface area contributed by atoms with Gasteiger partial charge < -0.3 is 4.74 Å². The van der Waals surface area contributed by atoms with Crippen molar-refractivity contribution in [3.8, 4) is 10.6 Å². The summed E-state index contributed by atoms with van der Waals surface area (Å²) in [6.45, 7) is 0. The molecule has 0 saturated heterocycles. The number of aromatic nitrogens is 1. The highest BCUT2D eigenvalue weighted by molar-refractivity contribution is 7.13. The Hall–Kier alpha value is -1.89. The summed E-state index contributed by atoms with van der Waals surface area (Å²) < 4.78 is 43.0. The molecule has 0 amide bonds. The number of alkyl halides is 3. The summed E-state index contributed by atoms with van der Waals surface area (Å²) in [4.78, 5) is 15.1. The van der Waals surface area contributed by atoms with Crippen molar-refractivity contribution in [2.24, 2.45) is 0 Å². The van der Waals surface area contributed by atoms with Crippen LogP contribution in [0.2, 0.25) is 0 Å². The highest BCUT2D eigenvalue weighted by Gasteiger charge is 2.34. The maximum absolute atomic E-state index is 12.9. The number of methoxy groups -OCH3 is 1. The molecule has 2 rings (SSSR count). The van der Waals surface area contributed by atoms with Crippen LogP contribution in [0.4, 0.5) is 13.2 Å². The molecule has 0 atom stereocenters. The predicted molar refractivity (Wildman–Crippen MR) is 63.9 cm³/mol. The Labute approximate surface area is 110 Å². The van der Waals surface area contributed by atoms with Gasteiger partial charge in [0, 0.05) is 10.9 Å². The van der Waals surface area contributed by atoms with E-state index in [4.69, 9.17) is 0 Å². The minimum absolute atomic E-state index is 0.000484. The van der Waals surface area contributed by atoms with Crippen LogP contribution < -0.4 is 0 Å². The van der Waals surface area contributed by atoms with Crippen LogP contribution in [0.3, 0.4) is 0 Å². The Morgan fingerprint density at radius 3 is 2.63 bits per heavy atom. The minimum Gasteiger partial charge on any atom is -0.464 e. The van der Waals surface area contributed by atoms with E-state index in [1.165, 1.54) is 30.7 Å². The van der Waals surface area contributed by atoms with E-state index >= 15 is 0 Å². The van der Waals surface area contributed by atoms with Crippen molar-refractivity contribution in [2.75, 3.05) is 7.11 Å². The summed E-state index contributed by atoms with van der Waals surface area (Å²) in [5.41, 5.74) is -0.824. The van der Waals surface area contributed by atoms with E-state index in [2.05, 4.69) is 9.72 Å². The van der Waals surface area contributed by atoms with E-state index in [-0.39, 0.29) is 16.3 Å². The molecule has 19 heavy (non-hydrogen) atoms. The zero-order valence-electron chi connectivity index (χ0n) is 9.69. The summed E-state index contributed by atoms with van der Waals surface area (Å²) in [6.07, 6.45) is -4.46. The molecule has 0 spiro atoms. The third kappa shape index (κ3) is 2.76. The Kier molecular flexibility index (Phi) is 3.57. The van der Waals surface area contributed by atoms with Gasteiger partial charge in [0.25, 0.3) is 0 Å². The van der Waals surface area contributed by atoms with Crippen LogP contribution in [-0.2, 0) is 10.9 Å². The molecule has 0 fully saturated rings. The topological polar surface area (TPSA) is 39.2 Å². The van der Waals surface area contributed by atoms with Crippen molar-refractivity contribution >= 4 is 17.3 Å². The average molecular weight is 287 g/mol. The average Bonchev–Trinajstić information content (AvgIpc) is 2.86. The minimum atomic E-state index is -4.46. The number of hydrogen-bond donors (Lipinski definition) is 0. The van der Waals surface area contributed by atoms with Crippen LogP contribution in [0.1, 0.15) is 16.1 Å². The van der Waals surface area contributed by atoms with Crippen LogP contribution >= 0.6 is 11.3 Å². The molecule has 0 radical (unpaired) electrons. The first-order valence-corrected chi connectivity index (χ1v) is 6.02. The lowest BCUT2D eigenvalue weighted by Crippen LogP contribution is -2.07. The zero-order chi connectivity index (χ0) is 14.0. The number of carbonyl (C=O) groups excluding carboxylic acids is 1. The molecule has 0 N–H and O–H groups in total. The van der Waals surface area contributed by atoms with Gasteiger partial charge in [-0.05, 0) is 6.07 Å². The van der Waals surface area contributed by atoms with Crippen LogP contribution in [-0.4, -0.2) is 18.1 Å². The molecule has 0 unspecified atom stereocenters. The Morgan fingerprint density at radius 1 is 1.32 bits per heavy atom. The summed E-state index contributed by atoms with van der Waals surface area (Å²) in [5.74, 6) is -0.674. The van der Waals surface area contributed by atoms with Gasteiger partial charge in [-0.2, -0.15) is 13.2 Å². The quantitative estimate of drug-likeness (QED) is 0.792. The van der Waals surface area contributed by atoms with E-state index in [9.17, 15) is 18.0 Å². The largest absolute Gasteiger partial charge is 0.464 e. The maximum atomic E-state index is 12.9. The monoisotopic (exact) mass is 287 g/mol. The molecule has 0 aliphatic heterocycles. The van der Waals surface area contributed by atoms with Gasteiger partial charge in [-0.3, -0.25) is 0 Å². The highest BCUT2D eigenvalue weighted by Crippen LogP contribution is 2.37. The van der Waals surface area contributed by atoms with Gasteiger partial charge in [-0.25, -0.2) is 9.78 Å². The first-order valence-electron chi connectivity index (χ1n) is 5.14. The predicted octanol–water partition coefficient (Wildman–Crippen LogP) is 3.62. The van der Waals surface area contributed by atoms with E-state index < -0.39 is 17.7 Å². The second-order valence-corrected chi connectivity index (χ2v) is 4.43. The molecule has 2 aromatic rings. The first kappa shape index (κ1) is 13.5. The lowest BCUT2D eigenvalue weighted by Gasteiger charge is -2.10. The summed E-state index contributed by atoms with van der Waals surface area (Å²) in [7, 11) is 1.19. The third-order valence-electron chi connectivity index (χ3n) is 2.36. The Balaban J connectivity index is 2.48. The number of hydrogen-bond acceptors (Lipinski definition) is 4. The number of nitrogens with zero attached hydrogens (tertiary/aromatic N) is 1. The molecule has 1 aromatic heterocycles. The van der Waals surface area contributed by atoms with Crippen LogP contribution in [0.15, 0.2) is 29.6 Å². The van der Waals surface area contributed by atoms with Gasteiger partial charge in [0.15, 0.2) is 5.69 Å². The summed E-state index contributed by atoms with van der Waals surface area (Å²) in [6, 6.07) is 5.10. The van der Waals surface area contributed by atoms with Crippen LogP contribution in [0.5, 0.6) is 0 Å². The number of thiazole rings is 1. The summed E-state index contributed by atoms with van der Waals surface area (Å²) >= 11 is 0.965. The van der Waals surface area contributed by atoms with E-state index in [1.807, 2.05) is 0 Å². The van der Waals surface area contributed by atoms with Crippen LogP contribution in [0, 0.1) is 0 Å². The molecular weight excluding hydrogens is 279 g/mol. The van der Waals surface area contributed by atoms with E-state index in [0.717, 1.165) is 17.4 Å². The Bertz CT molecular complexity index is 607. The van der Waals surface area contributed by atoms with Crippen molar-refractivity contribution in [3.05, 3.63) is 40.9 Å². The van der Waals surface area contributed by atoms with Crippen LogP contribution in [0.25, 0.3) is 10.6 Å². The lowest BCUT2D eigenvalue weighted by atomic mass is 10.1. The fraction of sp³-hybridized carbons (Fsp3) is 0.167. The highest BCUT2D eigenvalue weighted by atomic mass is 32.1. The first-order chi connectivity index (χ1) is 8.93.